The van der Waals surface area contributed by atoms with Crippen LogP contribution in [0.1, 0.15) is 58.3 Å². The zero-order valence-electron chi connectivity index (χ0n) is 14.4. The fraction of sp³-hybridized carbons (Fsp3) is 0.789. The summed E-state index contributed by atoms with van der Waals surface area (Å²) in [7, 11) is -1.32. The van der Waals surface area contributed by atoms with E-state index in [1.807, 2.05) is 0 Å². The largest absolute Gasteiger partial charge is 0.359 e. The van der Waals surface area contributed by atoms with Crippen molar-refractivity contribution in [3.8, 4) is 11.5 Å². The van der Waals surface area contributed by atoms with Crippen LogP contribution in [0.3, 0.4) is 0 Å². The molecule has 0 unspecified atom stereocenters. The van der Waals surface area contributed by atoms with Gasteiger partial charge in [-0.3, -0.25) is 0 Å². The third-order valence-electron chi connectivity index (χ3n) is 4.74. The van der Waals surface area contributed by atoms with Gasteiger partial charge in [-0.05, 0) is 44.9 Å². The highest BCUT2D eigenvalue weighted by Gasteiger charge is 2.45. The maximum atomic E-state index is 6.55. The summed E-state index contributed by atoms with van der Waals surface area (Å²) >= 11 is 0. The summed E-state index contributed by atoms with van der Waals surface area (Å²) in [6.45, 7) is 13.1. The number of allylic oxidation sites excluding steroid dienone is 1. The average molecular weight is 305 g/mol. The summed E-state index contributed by atoms with van der Waals surface area (Å²) in [5.41, 5.74) is 5.00. The van der Waals surface area contributed by atoms with Gasteiger partial charge in [-0.2, -0.15) is 0 Å². The lowest BCUT2D eigenvalue weighted by atomic mass is 9.79. The van der Waals surface area contributed by atoms with Gasteiger partial charge in [0.2, 0.25) is 0 Å². The first kappa shape index (κ1) is 16.8. The second-order valence-corrected chi connectivity index (χ2v) is 13.0. The molecule has 2 rings (SSSR count). The molecule has 1 saturated carbocycles. The van der Waals surface area contributed by atoms with Gasteiger partial charge in [-0.25, -0.2) is 0 Å². The lowest BCUT2D eigenvalue weighted by molar-refractivity contribution is -0.0470. The predicted octanol–water partition coefficient (Wildman–Crippen LogP) is 5.33. The molecule has 2 atom stereocenters. The van der Waals surface area contributed by atoms with Gasteiger partial charge in [0.05, 0.1) is 5.60 Å². The molecule has 1 aliphatic carbocycles. The molecule has 1 nitrogen and oxygen atoms in total. The maximum Gasteiger partial charge on any atom is 0.129 e. The van der Waals surface area contributed by atoms with Crippen LogP contribution < -0.4 is 0 Å². The van der Waals surface area contributed by atoms with Gasteiger partial charge in [-0.1, -0.05) is 50.4 Å². The maximum absolute atomic E-state index is 6.55. The fourth-order valence-electron chi connectivity index (χ4n) is 3.64. The highest BCUT2D eigenvalue weighted by atomic mass is 28.3. The van der Waals surface area contributed by atoms with Gasteiger partial charge < -0.3 is 4.74 Å². The summed E-state index contributed by atoms with van der Waals surface area (Å²) in [6, 6.07) is 0. The average Bonchev–Trinajstić information content (AvgIpc) is 2.72. The van der Waals surface area contributed by atoms with Crippen LogP contribution in [-0.4, -0.2) is 19.8 Å². The molecule has 1 aliphatic heterocycles. The SMILES string of the molecule is C=C(C)CC[C@H]1CC2(CCCCC2)O[C@H]1C#C[Si](C)(C)C. The van der Waals surface area contributed by atoms with Crippen LogP contribution in [0.25, 0.3) is 0 Å². The summed E-state index contributed by atoms with van der Waals surface area (Å²) in [6.07, 6.45) is 10.3. The summed E-state index contributed by atoms with van der Waals surface area (Å²) < 4.78 is 6.55. The Morgan fingerprint density at radius 3 is 2.48 bits per heavy atom. The van der Waals surface area contributed by atoms with E-state index in [2.05, 4.69) is 44.6 Å². The first-order valence-electron chi connectivity index (χ1n) is 8.65. The van der Waals surface area contributed by atoms with E-state index >= 15 is 0 Å². The minimum absolute atomic E-state index is 0.163. The van der Waals surface area contributed by atoms with E-state index in [9.17, 15) is 0 Å². The Bertz CT molecular complexity index is 429. The molecule has 1 heterocycles. The highest BCUT2D eigenvalue weighted by molar-refractivity contribution is 6.83. The van der Waals surface area contributed by atoms with Gasteiger partial charge in [0.15, 0.2) is 0 Å². The van der Waals surface area contributed by atoms with Crippen molar-refractivity contribution >= 4 is 8.07 Å². The molecule has 2 heteroatoms. The number of ether oxygens (including phenoxy) is 1. The Morgan fingerprint density at radius 1 is 1.24 bits per heavy atom. The van der Waals surface area contributed by atoms with Crippen molar-refractivity contribution in [3.05, 3.63) is 12.2 Å². The Labute approximate surface area is 132 Å². The van der Waals surface area contributed by atoms with Crippen molar-refractivity contribution in [1.82, 2.24) is 0 Å². The normalized spacial score (nSPS) is 28.2. The molecule has 118 valence electrons. The molecule has 1 saturated heterocycles. The van der Waals surface area contributed by atoms with Crippen LogP contribution in [0.2, 0.25) is 19.6 Å². The van der Waals surface area contributed by atoms with E-state index in [4.69, 9.17) is 4.74 Å². The molecule has 0 aromatic heterocycles. The molecule has 2 fully saturated rings. The van der Waals surface area contributed by atoms with E-state index in [0.29, 0.717) is 5.92 Å². The molecule has 2 aliphatic rings. The van der Waals surface area contributed by atoms with E-state index in [1.54, 1.807) is 0 Å². The smallest absolute Gasteiger partial charge is 0.129 e. The molecule has 0 aromatic carbocycles. The molecule has 21 heavy (non-hydrogen) atoms. The third kappa shape index (κ3) is 5.00. The van der Waals surface area contributed by atoms with Crippen LogP contribution in [0.5, 0.6) is 0 Å². The first-order chi connectivity index (χ1) is 9.80. The molecule has 0 bridgehead atoms. The summed E-state index contributed by atoms with van der Waals surface area (Å²) in [5, 5.41) is 0. The van der Waals surface area contributed by atoms with Gasteiger partial charge >= 0.3 is 0 Å². The van der Waals surface area contributed by atoms with Gasteiger partial charge in [-0.15, -0.1) is 12.1 Å². The van der Waals surface area contributed by atoms with Crippen LogP contribution >= 0.6 is 0 Å². The molecular weight excluding hydrogens is 272 g/mol. The van der Waals surface area contributed by atoms with Crippen LogP contribution in [0.15, 0.2) is 12.2 Å². The van der Waals surface area contributed by atoms with Crippen LogP contribution in [-0.2, 0) is 4.74 Å². The Morgan fingerprint density at radius 2 is 1.90 bits per heavy atom. The molecule has 1 spiro atoms. The molecule has 0 amide bonds. The Hall–Kier alpha value is -0.523. The van der Waals surface area contributed by atoms with Crippen molar-refractivity contribution in [1.29, 1.82) is 0 Å². The lowest BCUT2D eigenvalue weighted by Gasteiger charge is -2.32. The van der Waals surface area contributed by atoms with E-state index in [-0.39, 0.29) is 11.7 Å². The van der Waals surface area contributed by atoms with Crippen LogP contribution in [0, 0.1) is 17.4 Å². The van der Waals surface area contributed by atoms with E-state index in [1.165, 1.54) is 50.5 Å². The van der Waals surface area contributed by atoms with Crippen LogP contribution in [0.4, 0.5) is 0 Å². The first-order valence-corrected chi connectivity index (χ1v) is 12.1. The lowest BCUT2D eigenvalue weighted by Crippen LogP contribution is -2.31. The third-order valence-corrected chi connectivity index (χ3v) is 5.63. The zero-order valence-corrected chi connectivity index (χ0v) is 15.4. The number of hydrogen-bond donors (Lipinski definition) is 0. The number of rotatable bonds is 3. The van der Waals surface area contributed by atoms with Crippen molar-refractivity contribution in [2.75, 3.05) is 0 Å². The molecule has 0 aromatic rings. The van der Waals surface area contributed by atoms with Crippen molar-refractivity contribution in [3.63, 3.8) is 0 Å². The minimum Gasteiger partial charge on any atom is -0.359 e. The summed E-state index contributed by atoms with van der Waals surface area (Å²) in [5.74, 6) is 4.14. The highest BCUT2D eigenvalue weighted by Crippen LogP contribution is 2.46. The topological polar surface area (TPSA) is 9.23 Å². The number of hydrogen-bond acceptors (Lipinski definition) is 1. The van der Waals surface area contributed by atoms with E-state index in [0.717, 1.165) is 6.42 Å². The zero-order chi connectivity index (χ0) is 15.5. The van der Waals surface area contributed by atoms with Gasteiger partial charge in [0, 0.05) is 0 Å². The van der Waals surface area contributed by atoms with Gasteiger partial charge in [0.25, 0.3) is 0 Å². The minimum atomic E-state index is -1.32. The summed E-state index contributed by atoms with van der Waals surface area (Å²) in [4.78, 5) is 0. The second-order valence-electron chi connectivity index (χ2n) is 8.26. The fourth-order valence-corrected chi connectivity index (χ4v) is 4.21. The molecule has 0 radical (unpaired) electrons. The Balaban J connectivity index is 2.09. The van der Waals surface area contributed by atoms with Crippen molar-refractivity contribution in [2.24, 2.45) is 5.92 Å². The standard InChI is InChI=1S/C19H32OSi/c1-16(2)9-10-17-15-19(12-7-6-8-13-19)20-18(17)11-14-21(3,4)5/h17-18H,1,6-10,12-13,15H2,2-5H3/t17-,18-/m0/s1. The molecule has 0 N–H and O–H groups in total. The second kappa shape index (κ2) is 6.71. The van der Waals surface area contributed by atoms with Gasteiger partial charge in [0.1, 0.15) is 14.2 Å². The quantitative estimate of drug-likeness (QED) is 0.389. The van der Waals surface area contributed by atoms with Crippen molar-refractivity contribution < 1.29 is 4.74 Å². The van der Waals surface area contributed by atoms with Crippen molar-refractivity contribution in [2.45, 2.75) is 89.6 Å². The monoisotopic (exact) mass is 304 g/mol. The van der Waals surface area contributed by atoms with E-state index < -0.39 is 8.07 Å². The molecular formula is C19H32OSi. The predicted molar refractivity (Wildman–Crippen MR) is 94.0 cm³/mol. The Kier molecular flexibility index (Phi) is 5.38.